The van der Waals surface area contributed by atoms with Crippen molar-refractivity contribution < 1.29 is 24.8 Å². The Balaban J connectivity index is 2.16. The van der Waals surface area contributed by atoms with E-state index in [9.17, 15) is 10.2 Å². The monoisotopic (exact) mass is 168 g/mol. The van der Waals surface area contributed by atoms with E-state index in [0.717, 1.165) is 0 Å². The lowest BCUT2D eigenvalue weighted by molar-refractivity contribution is -0.228. The molecule has 0 aromatic rings. The summed E-state index contributed by atoms with van der Waals surface area (Å²) in [5.41, 5.74) is 0. The zero-order valence-corrected chi connectivity index (χ0v) is 5.75. The van der Waals surface area contributed by atoms with Gasteiger partial charge < -0.3 is 24.8 Å². The Morgan fingerprint density at radius 1 is 1.00 bits per heavy atom. The van der Waals surface area contributed by atoms with Gasteiger partial charge in [-0.05, 0) is 0 Å². The van der Waals surface area contributed by atoms with Gasteiger partial charge in [0, 0.05) is 0 Å². The summed E-state index contributed by atoms with van der Waals surface area (Å²) in [5.74, 6) is 0. The van der Waals surface area contributed by atoms with E-state index in [1.807, 2.05) is 0 Å². The molecule has 0 radical (unpaired) electrons. The maximum absolute atomic E-state index is 9.22. The normalized spacial score (nSPS) is 56.5. The van der Waals surface area contributed by atoms with Crippen LogP contribution in [0.3, 0.4) is 0 Å². The third kappa shape index (κ3) is 0.969. The van der Waals surface area contributed by atoms with E-state index in [1.165, 1.54) is 0 Å². The summed E-state index contributed by atoms with van der Waals surface area (Å²) in [4.78, 5) is 0. The quantitative estimate of drug-likeness (QED) is 0.358. The van der Waals surface area contributed by atoms with Crippen molar-refractivity contribution in [2.45, 2.75) is 30.7 Å². The summed E-state index contributed by atoms with van der Waals surface area (Å²) >= 11 is 0. The van der Waals surface area contributed by atoms with Crippen LogP contribution in [0.4, 0.5) is 0 Å². The maximum Gasteiger partial charge on any atom is 0.186 e. The maximum atomic E-state index is 9.22. The number of aliphatic hydroxyl groups is 3. The molecule has 5 nitrogen and oxygen atoms in total. The van der Waals surface area contributed by atoms with Crippen LogP contribution in [0, 0.1) is 0 Å². The largest absolute Gasteiger partial charge is 0.387 e. The zero-order valence-electron chi connectivity index (χ0n) is 5.75. The molecule has 0 aromatic heterocycles. The molecule has 5 heteroatoms. The summed E-state index contributed by atoms with van der Waals surface area (Å²) in [7, 11) is 0. The van der Waals surface area contributed by atoms with Crippen LogP contribution in [-0.2, 0) is 9.47 Å². The fourth-order valence-electron chi connectivity index (χ4n) is 1.38. The molecule has 0 amide bonds. The fourth-order valence-corrected chi connectivity index (χ4v) is 1.38. The number of fused-ring (bicyclic) bond motifs is 2. The minimum absolute atomic E-state index is 0.236. The van der Waals surface area contributed by atoms with Crippen LogP contribution in [0.25, 0.3) is 0 Å². The van der Waals surface area contributed by atoms with Crippen molar-refractivity contribution in [3.8, 4) is 0 Å². The van der Waals surface area contributed by atoms with Crippen LogP contribution in [-0.4, -0.2) is 52.6 Å². The van der Waals surface area contributed by atoms with Crippen molar-refractivity contribution in [3.05, 3.63) is 0 Å². The molecule has 0 unspecified atom stereocenters. The van der Waals surface area contributed by atoms with Gasteiger partial charge in [-0.1, -0.05) is 0 Å². The lowest BCUT2D eigenvalue weighted by atomic mass is 11.0. The first kappa shape index (κ1) is 7.45. The average molecular weight is 168 g/mol. The smallest absolute Gasteiger partial charge is 0.186 e. The van der Waals surface area contributed by atoms with Crippen LogP contribution in [0.1, 0.15) is 0 Å². The van der Waals surface area contributed by atoms with Gasteiger partial charge in [-0.15, -0.1) is 0 Å². The van der Waals surface area contributed by atoms with Crippen LogP contribution in [0.2, 0.25) is 0 Å². The molecule has 2 heterocycles. The van der Waals surface area contributed by atoms with E-state index in [-0.39, 0.29) is 6.61 Å². The molecule has 2 rings (SSSR count). The average Bonchev–Trinajstić information content (AvgIpc) is 2.44. The molecule has 2 saturated heterocycles. The number of hydrogen-bond donors (Lipinski definition) is 3. The summed E-state index contributed by atoms with van der Waals surface area (Å²) in [6, 6.07) is 0. The Bertz CT molecular complexity index is 141. The third-order valence-corrected chi connectivity index (χ3v) is 2.09. The molecular weight excluding hydrogens is 158 g/mol. The molecule has 0 aromatic carbocycles. The van der Waals surface area contributed by atoms with Crippen molar-refractivity contribution in [3.63, 3.8) is 0 Å². The van der Waals surface area contributed by atoms with E-state index in [0.29, 0.717) is 0 Å². The van der Waals surface area contributed by atoms with Crippen LogP contribution in [0.15, 0.2) is 0 Å². The molecule has 0 saturated carbocycles. The summed E-state index contributed by atoms with van der Waals surface area (Å²) < 4.78 is 9.95. The summed E-state index contributed by atoms with van der Waals surface area (Å²) in [5, 5.41) is 27.6. The third-order valence-electron chi connectivity index (χ3n) is 2.09. The molecule has 0 spiro atoms. The summed E-state index contributed by atoms with van der Waals surface area (Å²) in [6.07, 6.45) is -4.58. The first-order valence-electron chi connectivity index (χ1n) is 3.51. The first-order valence-corrected chi connectivity index (χ1v) is 3.51. The van der Waals surface area contributed by atoms with Gasteiger partial charge in [-0.3, -0.25) is 0 Å². The van der Waals surface area contributed by atoms with E-state index < -0.39 is 30.7 Å². The van der Waals surface area contributed by atoms with Gasteiger partial charge in [0.1, 0.15) is 24.4 Å². The van der Waals surface area contributed by atoms with Gasteiger partial charge in [0.2, 0.25) is 0 Å². The van der Waals surface area contributed by atoms with Gasteiger partial charge in [0.05, 0.1) is 6.61 Å². The van der Waals surface area contributed by atoms with Crippen LogP contribution < -0.4 is 0 Å². The molecule has 5 atom stereocenters. The molecular formula is C6H10O5. The molecule has 64 valence electrons. The SMILES string of the molecule is O[13C@@H]1[13C@@H](O)[13C@@H]2O[13CH2][13C@@H](O2)[13C@H]1O. The Hall–Kier alpha value is -0.200. The van der Waals surface area contributed by atoms with Crippen molar-refractivity contribution >= 4 is 0 Å². The lowest BCUT2D eigenvalue weighted by Crippen LogP contribution is -2.53. The Labute approximate surface area is 63.2 Å². The zero-order chi connectivity index (χ0) is 8.01. The predicted molar refractivity (Wildman–Crippen MR) is 32.6 cm³/mol. The van der Waals surface area contributed by atoms with Crippen molar-refractivity contribution in [1.29, 1.82) is 0 Å². The molecule has 3 N–H and O–H groups in total. The van der Waals surface area contributed by atoms with Gasteiger partial charge in [-0.25, -0.2) is 0 Å². The highest BCUT2D eigenvalue weighted by molar-refractivity contribution is 4.92. The Morgan fingerprint density at radius 2 is 1.73 bits per heavy atom. The highest BCUT2D eigenvalue weighted by atomic mass is 16.9. The second-order valence-electron chi connectivity index (χ2n) is 2.85. The van der Waals surface area contributed by atoms with Crippen LogP contribution >= 0.6 is 0 Å². The summed E-state index contributed by atoms with van der Waals surface area (Å²) in [6.45, 7) is 0.236. The standard InChI is InChI=1S/C6H10O5/c7-3-2-1-10-6(11-2)5(9)4(3)8/h2-9H,1H2/t2-,3-,4+,5-,6-/m1/s1/i1+1,2+1,3+1,4+1,5+1,6+1. The molecule has 2 aliphatic rings. The topological polar surface area (TPSA) is 79.2 Å². The van der Waals surface area contributed by atoms with Gasteiger partial charge in [0.15, 0.2) is 6.29 Å². The van der Waals surface area contributed by atoms with Gasteiger partial charge in [-0.2, -0.15) is 0 Å². The van der Waals surface area contributed by atoms with Gasteiger partial charge in [0.25, 0.3) is 0 Å². The second kappa shape index (κ2) is 2.40. The second-order valence-corrected chi connectivity index (χ2v) is 2.85. The fraction of sp³-hybridized carbons (Fsp3) is 1.00. The van der Waals surface area contributed by atoms with E-state index >= 15 is 0 Å². The minimum atomic E-state index is -1.15. The van der Waals surface area contributed by atoms with Crippen molar-refractivity contribution in [2.75, 3.05) is 6.61 Å². The van der Waals surface area contributed by atoms with Crippen molar-refractivity contribution in [1.82, 2.24) is 0 Å². The Morgan fingerprint density at radius 3 is 2.45 bits per heavy atom. The molecule has 0 aliphatic carbocycles. The van der Waals surface area contributed by atoms with E-state index in [4.69, 9.17) is 14.6 Å². The van der Waals surface area contributed by atoms with E-state index in [2.05, 4.69) is 0 Å². The molecule has 11 heavy (non-hydrogen) atoms. The predicted octanol–water partition coefficient (Wildman–Crippen LogP) is -2.18. The number of ether oxygens (including phenoxy) is 2. The van der Waals surface area contributed by atoms with Crippen molar-refractivity contribution in [2.24, 2.45) is 0 Å². The van der Waals surface area contributed by atoms with Gasteiger partial charge >= 0.3 is 0 Å². The molecule has 2 fully saturated rings. The highest BCUT2D eigenvalue weighted by Gasteiger charge is 2.48. The highest BCUT2D eigenvalue weighted by Crippen LogP contribution is 2.27. The lowest BCUT2D eigenvalue weighted by Gasteiger charge is -2.32. The van der Waals surface area contributed by atoms with Crippen LogP contribution in [0.5, 0.6) is 0 Å². The minimum Gasteiger partial charge on any atom is -0.387 e. The van der Waals surface area contributed by atoms with E-state index in [1.54, 1.807) is 0 Å². The number of hydrogen-bond acceptors (Lipinski definition) is 5. The molecule has 2 bridgehead atoms. The molecule has 2 aliphatic heterocycles. The number of rotatable bonds is 0. The Kier molecular flexibility index (Phi) is 1.62. The number of aliphatic hydroxyl groups excluding tert-OH is 3. The first-order chi connectivity index (χ1) is 5.20.